The van der Waals surface area contributed by atoms with Gasteiger partial charge < -0.3 is 74.0 Å². The van der Waals surface area contributed by atoms with Gasteiger partial charge in [-0.15, -0.1) is 0 Å². The van der Waals surface area contributed by atoms with Gasteiger partial charge in [0.2, 0.25) is 53.2 Å². The first-order chi connectivity index (χ1) is 29.6. The molecule has 1 aliphatic rings. The molecular formula is C39H66N10O14S. The van der Waals surface area contributed by atoms with Gasteiger partial charge >= 0.3 is 0 Å². The molecule has 9 amide bonds. The van der Waals surface area contributed by atoms with E-state index in [1.807, 2.05) is 0 Å². The highest BCUT2D eigenvalue weighted by Gasteiger charge is 2.44. The molecule has 0 aromatic rings. The van der Waals surface area contributed by atoms with Crippen LogP contribution in [0.3, 0.4) is 0 Å². The number of carbonyl (C=O) groups excluding carboxylic acids is 9. The van der Waals surface area contributed by atoms with Crippen molar-refractivity contribution in [3.8, 4) is 0 Å². The van der Waals surface area contributed by atoms with Gasteiger partial charge in [-0.25, -0.2) is 0 Å². The highest BCUT2D eigenvalue weighted by Crippen LogP contribution is 2.28. The lowest BCUT2D eigenvalue weighted by Crippen LogP contribution is -2.60. The topological polar surface area (TPSA) is 391 Å². The Balaban J connectivity index is 3.49. The molecular weight excluding hydrogens is 865 g/mol. The number of nitrogens with zero attached hydrogens (tertiary/aromatic N) is 1. The number of aliphatic hydroxyl groups is 4. The number of rotatable bonds is 27. The lowest BCUT2D eigenvalue weighted by atomic mass is 9.84. The van der Waals surface area contributed by atoms with Gasteiger partial charge in [-0.1, -0.05) is 54.2 Å². The third-order valence-electron chi connectivity index (χ3n) is 10.9. The number of primary amides is 2. The molecule has 1 fully saturated rings. The van der Waals surface area contributed by atoms with Crippen LogP contribution in [0.5, 0.6) is 0 Å². The number of β-amino-alcohol motifs (C(OH)–C–C–N with tert-alkyl or cyclic N) is 1. The molecule has 0 aromatic heterocycles. The lowest BCUT2D eigenvalue weighted by molar-refractivity contribution is -0.143. The lowest BCUT2D eigenvalue weighted by Gasteiger charge is -2.32. The highest BCUT2D eigenvalue weighted by atomic mass is 32.2. The zero-order valence-corrected chi connectivity index (χ0v) is 38.0. The number of nitrogens with two attached hydrogens (primary N) is 2. The summed E-state index contributed by atoms with van der Waals surface area (Å²) in [6.45, 7) is 15.7. The van der Waals surface area contributed by atoms with Crippen LogP contribution in [0.15, 0.2) is 23.9 Å². The Morgan fingerprint density at radius 2 is 1.44 bits per heavy atom. The number of hydrogen-bond acceptors (Lipinski definition) is 15. The summed E-state index contributed by atoms with van der Waals surface area (Å²) in [6, 6.07) is -7.91. The Bertz CT molecular complexity index is 1800. The number of carbonyl (C=O) groups is 9. The van der Waals surface area contributed by atoms with E-state index in [0.29, 0.717) is 6.42 Å². The average Bonchev–Trinajstić information content (AvgIpc) is 3.62. The molecule has 0 radical (unpaired) electrons. The van der Waals surface area contributed by atoms with E-state index in [-0.39, 0.29) is 17.1 Å². The van der Waals surface area contributed by atoms with E-state index >= 15 is 0 Å². The summed E-state index contributed by atoms with van der Waals surface area (Å²) < 4.78 is 13.6. The standard InChI is InChI=1S/C39H66N10O14S/c1-10-18(2)32(47-31(57)13-42-22(6)52)37(61)43-14-30(56)45-26(17-64(63)23(7)44-20(4)39(8,9)21(5)51)35(59)46-25(12-29(40)55)38(62)49-15-24(53)11-27(49)36(60)48-33(34(41)58)19(3)28(54)16-50/h18-19,21,24-28,32-33,44,50-51,53-54H,4,7,10-17H2,1-3,5-6,8-9H3,(H2,40,55)(H2,41,58)(H,42,52)(H,43,61)(H,45,56)(H,46,59)(H,47,57)(H,48,60)/t18-,19-,21?,24+,25-,26-,27-,28-,32-,33-,64?/m0/s1. The molecule has 24 nitrogen and oxygen atoms in total. The molecule has 1 aliphatic heterocycles. The van der Waals surface area contributed by atoms with Crippen LogP contribution in [-0.4, -0.2) is 163 Å². The van der Waals surface area contributed by atoms with Gasteiger partial charge in [-0.3, -0.25) is 47.4 Å². The van der Waals surface area contributed by atoms with Crippen molar-refractivity contribution >= 4 is 64.0 Å². The zero-order chi connectivity index (χ0) is 49.4. The van der Waals surface area contributed by atoms with Crippen molar-refractivity contribution < 1.29 is 67.8 Å². The second kappa shape index (κ2) is 25.7. The van der Waals surface area contributed by atoms with Crippen LogP contribution in [0, 0.1) is 17.3 Å². The molecule has 15 N–H and O–H groups in total. The maximum Gasteiger partial charge on any atom is 0.246 e. The van der Waals surface area contributed by atoms with Crippen molar-refractivity contribution in [3.05, 3.63) is 23.9 Å². The van der Waals surface area contributed by atoms with Crippen molar-refractivity contribution in [2.24, 2.45) is 28.7 Å². The Hall–Kier alpha value is -5.50. The molecule has 64 heavy (non-hydrogen) atoms. The fourth-order valence-corrected chi connectivity index (χ4v) is 6.98. The maximum atomic E-state index is 14.1. The van der Waals surface area contributed by atoms with Crippen LogP contribution in [0.2, 0.25) is 0 Å². The average molecular weight is 931 g/mol. The van der Waals surface area contributed by atoms with Crippen LogP contribution in [-0.2, 0) is 54.0 Å². The minimum absolute atomic E-state index is 0.188. The van der Waals surface area contributed by atoms with Crippen LogP contribution >= 0.6 is 0 Å². The SMILES string of the molecule is C=C(NC(=C)C(C)(C)C(C)O)S(=O)C[C@H](NC(=O)CNC(=O)[C@@H](NC(=O)CNC(C)=O)[C@@H](C)CC)C(=O)N[C@@H](CC(N)=O)C(=O)N1C[C@H](O)C[C@H]1C(=O)N[C@H](C(N)=O)[C@@H](C)[C@@H](O)CO. The second-order valence-electron chi connectivity index (χ2n) is 16.2. The van der Waals surface area contributed by atoms with Crippen LogP contribution < -0.4 is 48.7 Å². The van der Waals surface area contributed by atoms with E-state index in [2.05, 4.69) is 50.4 Å². The first-order valence-electron chi connectivity index (χ1n) is 20.4. The minimum Gasteiger partial charge on any atom is -0.394 e. The smallest absolute Gasteiger partial charge is 0.246 e. The summed E-state index contributed by atoms with van der Waals surface area (Å²) >= 11 is 0. The normalized spacial score (nSPS) is 19.1. The van der Waals surface area contributed by atoms with Crippen LogP contribution in [0.25, 0.3) is 0 Å². The molecule has 0 aromatic carbocycles. The van der Waals surface area contributed by atoms with E-state index in [0.717, 1.165) is 4.90 Å². The van der Waals surface area contributed by atoms with E-state index in [1.54, 1.807) is 27.7 Å². The molecule has 1 heterocycles. The molecule has 1 rings (SSSR count). The summed E-state index contributed by atoms with van der Waals surface area (Å²) in [7, 11) is -2.25. The third kappa shape index (κ3) is 17.2. The Labute approximate surface area is 374 Å². The van der Waals surface area contributed by atoms with E-state index in [1.165, 1.54) is 20.8 Å². The monoisotopic (exact) mass is 930 g/mol. The minimum atomic E-state index is -2.25. The number of nitrogens with one attached hydrogen (secondary N) is 7. The van der Waals surface area contributed by atoms with Gasteiger partial charge in [0, 0.05) is 36.9 Å². The molecule has 0 saturated carbocycles. The van der Waals surface area contributed by atoms with E-state index in [9.17, 15) is 67.8 Å². The molecule has 2 unspecified atom stereocenters. The molecule has 362 valence electrons. The van der Waals surface area contributed by atoms with Crippen LogP contribution in [0.4, 0.5) is 0 Å². The van der Waals surface area contributed by atoms with Crippen molar-refractivity contribution in [1.82, 2.24) is 42.1 Å². The molecule has 11 atom stereocenters. The summed E-state index contributed by atoms with van der Waals surface area (Å²) in [4.78, 5) is 117. The molecule has 0 spiro atoms. The van der Waals surface area contributed by atoms with Crippen molar-refractivity contribution in [2.75, 3.05) is 32.0 Å². The quantitative estimate of drug-likeness (QED) is 0.0365. The summed E-state index contributed by atoms with van der Waals surface area (Å²) in [5.41, 5.74) is 10.1. The third-order valence-corrected chi connectivity index (χ3v) is 12.2. The Morgan fingerprint density at radius 1 is 0.859 bits per heavy atom. The number of likely N-dealkylation sites (tertiary alicyclic amines) is 1. The number of hydrogen-bond donors (Lipinski definition) is 13. The molecule has 0 bridgehead atoms. The number of aliphatic hydroxyl groups excluding tert-OH is 4. The van der Waals surface area contributed by atoms with Gasteiger partial charge in [0.05, 0.1) is 66.0 Å². The van der Waals surface area contributed by atoms with E-state index < -0.39 is 168 Å². The van der Waals surface area contributed by atoms with Crippen molar-refractivity contribution in [3.63, 3.8) is 0 Å². The fourth-order valence-electron chi connectivity index (χ4n) is 6.01. The largest absolute Gasteiger partial charge is 0.394 e. The van der Waals surface area contributed by atoms with Crippen LogP contribution in [0.1, 0.15) is 67.7 Å². The molecule has 0 aliphatic carbocycles. The molecule has 1 saturated heterocycles. The zero-order valence-electron chi connectivity index (χ0n) is 37.2. The predicted octanol–water partition coefficient (Wildman–Crippen LogP) is -5.73. The van der Waals surface area contributed by atoms with Crippen molar-refractivity contribution in [2.45, 2.75) is 116 Å². The fraction of sp³-hybridized carbons (Fsp3) is 0.667. The first-order valence-corrected chi connectivity index (χ1v) is 21.7. The van der Waals surface area contributed by atoms with E-state index in [4.69, 9.17) is 11.5 Å². The summed E-state index contributed by atoms with van der Waals surface area (Å²) in [5, 5.41) is 56.7. The van der Waals surface area contributed by atoms with Gasteiger partial charge in [0.1, 0.15) is 30.2 Å². The Morgan fingerprint density at radius 3 is 1.95 bits per heavy atom. The van der Waals surface area contributed by atoms with Gasteiger partial charge in [0.25, 0.3) is 0 Å². The number of amides is 9. The Kier molecular flexibility index (Phi) is 22.7. The maximum absolute atomic E-state index is 14.1. The first kappa shape index (κ1) is 56.5. The molecule has 25 heteroatoms. The summed E-state index contributed by atoms with van der Waals surface area (Å²) in [6.07, 6.45) is -4.60. The van der Waals surface area contributed by atoms with Gasteiger partial charge in [-0.05, 0) is 12.8 Å². The predicted molar refractivity (Wildman–Crippen MR) is 230 cm³/mol. The second-order valence-corrected chi connectivity index (χ2v) is 17.8. The van der Waals surface area contributed by atoms with Gasteiger partial charge in [0.15, 0.2) is 0 Å². The van der Waals surface area contributed by atoms with Crippen molar-refractivity contribution in [1.29, 1.82) is 0 Å². The van der Waals surface area contributed by atoms with Gasteiger partial charge in [-0.2, -0.15) is 0 Å². The highest BCUT2D eigenvalue weighted by molar-refractivity contribution is 7.89. The summed E-state index contributed by atoms with van der Waals surface area (Å²) in [5.74, 6) is -10.9.